The van der Waals surface area contributed by atoms with Crippen molar-refractivity contribution in [3.8, 4) is 0 Å². The summed E-state index contributed by atoms with van der Waals surface area (Å²) in [5, 5.41) is 0. The van der Waals surface area contributed by atoms with Gasteiger partial charge in [0, 0.05) is 0 Å². The Morgan fingerprint density at radius 2 is 1.90 bits per heavy atom. The van der Waals surface area contributed by atoms with Gasteiger partial charge in [-0.05, 0) is 60.4 Å². The van der Waals surface area contributed by atoms with Crippen LogP contribution in [0.25, 0.3) is 0 Å². The molecule has 2 aromatic rings. The molecule has 0 amide bonds. The average molecular weight is 269 g/mol. The number of hydrogen-bond acceptors (Lipinski definition) is 1. The summed E-state index contributed by atoms with van der Waals surface area (Å²) in [6, 6.07) is 17.5. The van der Waals surface area contributed by atoms with Crippen LogP contribution in [0.2, 0.25) is 0 Å². The van der Waals surface area contributed by atoms with Gasteiger partial charge >= 0.3 is 0 Å². The second-order valence-electron chi connectivity index (χ2n) is 5.75. The molecule has 3 rings (SSSR count). The zero-order valence-corrected chi connectivity index (χ0v) is 11.5. The van der Waals surface area contributed by atoms with Crippen LogP contribution < -0.4 is 5.73 Å². The van der Waals surface area contributed by atoms with Crippen molar-refractivity contribution in [1.82, 2.24) is 0 Å². The van der Waals surface area contributed by atoms with E-state index in [9.17, 15) is 4.39 Å². The minimum atomic E-state index is -0.159. The number of halogens is 1. The molecule has 3 atom stereocenters. The lowest BCUT2D eigenvalue weighted by Crippen LogP contribution is -2.19. The number of benzene rings is 2. The Hall–Kier alpha value is -1.67. The normalized spacial score (nSPS) is 22.5. The van der Waals surface area contributed by atoms with Gasteiger partial charge in [-0.2, -0.15) is 0 Å². The topological polar surface area (TPSA) is 26.0 Å². The van der Waals surface area contributed by atoms with E-state index in [-0.39, 0.29) is 5.82 Å². The van der Waals surface area contributed by atoms with Crippen LogP contribution in [0, 0.1) is 17.7 Å². The highest BCUT2D eigenvalue weighted by Crippen LogP contribution is 2.52. The van der Waals surface area contributed by atoms with E-state index >= 15 is 0 Å². The summed E-state index contributed by atoms with van der Waals surface area (Å²) in [6.07, 6.45) is 2.09. The maximum absolute atomic E-state index is 13.2. The minimum Gasteiger partial charge on any atom is -0.330 e. The summed E-state index contributed by atoms with van der Waals surface area (Å²) in [5.41, 5.74) is 8.41. The lowest BCUT2D eigenvalue weighted by molar-refractivity contribution is 0.460. The smallest absolute Gasteiger partial charge is 0.123 e. The van der Waals surface area contributed by atoms with Crippen LogP contribution in [0.3, 0.4) is 0 Å². The molecule has 3 unspecified atom stereocenters. The largest absolute Gasteiger partial charge is 0.330 e. The molecular weight excluding hydrogens is 249 g/mol. The molecule has 20 heavy (non-hydrogen) atoms. The molecule has 2 heteroatoms. The molecule has 2 aromatic carbocycles. The van der Waals surface area contributed by atoms with Crippen LogP contribution >= 0.6 is 0 Å². The fraction of sp³-hybridized carbons (Fsp3) is 0.333. The summed E-state index contributed by atoms with van der Waals surface area (Å²) in [6.45, 7) is 0.671. The summed E-state index contributed by atoms with van der Waals surface area (Å²) in [5.74, 6) is 1.57. The first-order valence-corrected chi connectivity index (χ1v) is 7.27. The molecular formula is C18H20FN. The number of hydrogen-bond donors (Lipinski definition) is 1. The molecule has 1 saturated carbocycles. The molecule has 1 aliphatic carbocycles. The van der Waals surface area contributed by atoms with Crippen molar-refractivity contribution >= 4 is 0 Å². The van der Waals surface area contributed by atoms with Gasteiger partial charge in [-0.25, -0.2) is 4.39 Å². The Bertz CT molecular complexity index is 567. The first kappa shape index (κ1) is 13.3. The molecule has 1 fully saturated rings. The third-order valence-electron chi connectivity index (χ3n) is 4.36. The van der Waals surface area contributed by atoms with Gasteiger partial charge in [0.25, 0.3) is 0 Å². The predicted octanol–water partition coefficient (Wildman–Crippen LogP) is 3.75. The molecule has 104 valence electrons. The number of rotatable bonds is 5. The van der Waals surface area contributed by atoms with Crippen LogP contribution in [0.1, 0.15) is 23.5 Å². The third kappa shape index (κ3) is 2.91. The maximum Gasteiger partial charge on any atom is 0.123 e. The van der Waals surface area contributed by atoms with Crippen molar-refractivity contribution in [2.45, 2.75) is 18.8 Å². The van der Waals surface area contributed by atoms with Crippen molar-refractivity contribution in [3.63, 3.8) is 0 Å². The highest BCUT2D eigenvalue weighted by Gasteiger charge is 2.42. The van der Waals surface area contributed by atoms with Crippen LogP contribution in [0.15, 0.2) is 54.6 Å². The fourth-order valence-electron chi connectivity index (χ4n) is 3.20. The van der Waals surface area contributed by atoms with Crippen molar-refractivity contribution in [1.29, 1.82) is 0 Å². The van der Waals surface area contributed by atoms with Crippen molar-refractivity contribution in [3.05, 3.63) is 71.5 Å². The second-order valence-corrected chi connectivity index (χ2v) is 5.75. The van der Waals surface area contributed by atoms with E-state index in [1.165, 1.54) is 18.1 Å². The maximum atomic E-state index is 13.2. The van der Waals surface area contributed by atoms with E-state index in [1.54, 1.807) is 12.1 Å². The Morgan fingerprint density at radius 1 is 1.10 bits per heavy atom. The van der Waals surface area contributed by atoms with Gasteiger partial charge in [-0.3, -0.25) is 0 Å². The third-order valence-corrected chi connectivity index (χ3v) is 4.36. The first-order valence-electron chi connectivity index (χ1n) is 7.27. The highest BCUT2D eigenvalue weighted by molar-refractivity contribution is 5.27. The van der Waals surface area contributed by atoms with Crippen molar-refractivity contribution in [2.24, 2.45) is 17.6 Å². The van der Waals surface area contributed by atoms with Crippen molar-refractivity contribution < 1.29 is 4.39 Å². The molecule has 1 aliphatic rings. The molecule has 0 spiro atoms. The van der Waals surface area contributed by atoms with Crippen LogP contribution in [0.5, 0.6) is 0 Å². The quantitative estimate of drug-likeness (QED) is 0.879. The Kier molecular flexibility index (Phi) is 3.83. The monoisotopic (exact) mass is 269 g/mol. The molecule has 0 heterocycles. The van der Waals surface area contributed by atoms with Gasteiger partial charge in [0.15, 0.2) is 0 Å². The van der Waals surface area contributed by atoms with Gasteiger partial charge in [0.2, 0.25) is 0 Å². The van der Waals surface area contributed by atoms with E-state index in [2.05, 4.69) is 24.3 Å². The minimum absolute atomic E-state index is 0.159. The van der Waals surface area contributed by atoms with Crippen molar-refractivity contribution in [2.75, 3.05) is 6.54 Å². The van der Waals surface area contributed by atoms with E-state index in [1.807, 2.05) is 12.1 Å². The van der Waals surface area contributed by atoms with Crippen LogP contribution in [-0.2, 0) is 6.42 Å². The SMILES string of the molecule is NCC(Cc1cccc(F)c1)C1CC1c1ccccc1. The van der Waals surface area contributed by atoms with Gasteiger partial charge in [-0.1, -0.05) is 42.5 Å². The Balaban J connectivity index is 1.67. The summed E-state index contributed by atoms with van der Waals surface area (Å²) >= 11 is 0. The number of nitrogens with two attached hydrogens (primary N) is 1. The van der Waals surface area contributed by atoms with Crippen LogP contribution in [-0.4, -0.2) is 6.54 Å². The van der Waals surface area contributed by atoms with Gasteiger partial charge in [0.1, 0.15) is 5.82 Å². The summed E-state index contributed by atoms with van der Waals surface area (Å²) < 4.78 is 13.2. The lowest BCUT2D eigenvalue weighted by Gasteiger charge is -2.15. The molecule has 1 nitrogen and oxygen atoms in total. The lowest BCUT2D eigenvalue weighted by atomic mass is 9.92. The van der Waals surface area contributed by atoms with E-state index in [4.69, 9.17) is 5.73 Å². The van der Waals surface area contributed by atoms with E-state index in [0.29, 0.717) is 24.3 Å². The molecule has 0 bridgehead atoms. The van der Waals surface area contributed by atoms with Gasteiger partial charge < -0.3 is 5.73 Å². The zero-order chi connectivity index (χ0) is 13.9. The zero-order valence-electron chi connectivity index (χ0n) is 11.5. The van der Waals surface area contributed by atoms with Gasteiger partial charge in [-0.15, -0.1) is 0 Å². The standard InChI is InChI=1S/C18H20FN/c19-16-8-4-5-13(10-16)9-15(12-20)18-11-17(18)14-6-2-1-3-7-14/h1-8,10,15,17-18H,9,11-12,20H2. The predicted molar refractivity (Wildman–Crippen MR) is 79.9 cm³/mol. The second kappa shape index (κ2) is 5.76. The highest BCUT2D eigenvalue weighted by atomic mass is 19.1. The Morgan fingerprint density at radius 3 is 2.60 bits per heavy atom. The van der Waals surface area contributed by atoms with E-state index in [0.717, 1.165) is 12.0 Å². The average Bonchev–Trinajstić information content (AvgIpc) is 3.26. The molecule has 0 saturated heterocycles. The molecule has 0 radical (unpaired) electrons. The first-order chi connectivity index (χ1) is 9.78. The van der Waals surface area contributed by atoms with E-state index < -0.39 is 0 Å². The summed E-state index contributed by atoms with van der Waals surface area (Å²) in [4.78, 5) is 0. The Labute approximate surface area is 119 Å². The van der Waals surface area contributed by atoms with Gasteiger partial charge in [0.05, 0.1) is 0 Å². The molecule has 0 aromatic heterocycles. The molecule has 0 aliphatic heterocycles. The van der Waals surface area contributed by atoms with Crippen LogP contribution in [0.4, 0.5) is 4.39 Å². The summed E-state index contributed by atoms with van der Waals surface area (Å²) in [7, 11) is 0. The molecule has 2 N–H and O–H groups in total. The fourth-order valence-corrected chi connectivity index (χ4v) is 3.20.